The highest BCUT2D eigenvalue weighted by Gasteiger charge is 2.50. The van der Waals surface area contributed by atoms with Gasteiger partial charge in [0.1, 0.15) is 24.4 Å². The molecule has 17 heteroatoms. The molecule has 1 amide bonds. The normalized spacial score (nSPS) is 27.0. The number of nitrogens with zero attached hydrogens (tertiary/aromatic N) is 9. The number of amides is 1. The lowest BCUT2D eigenvalue weighted by Gasteiger charge is -2.42. The number of halogens is 4. The van der Waals surface area contributed by atoms with Crippen molar-refractivity contribution in [3.05, 3.63) is 51.9 Å². The predicted molar refractivity (Wildman–Crippen MR) is 192 cm³/mol. The van der Waals surface area contributed by atoms with Crippen LogP contribution in [-0.2, 0) is 23.8 Å². The van der Waals surface area contributed by atoms with E-state index in [1.165, 1.54) is 25.1 Å². The monoisotopic (exact) mass is 764 g/mol. The number of alkyl halides is 4. The maximum atomic E-state index is 14.6. The van der Waals surface area contributed by atoms with Crippen molar-refractivity contribution in [2.45, 2.75) is 101 Å². The molecular weight excluding hydrogens is 720 g/mol. The molecule has 4 fully saturated rings. The van der Waals surface area contributed by atoms with Gasteiger partial charge in [-0.2, -0.15) is 33.4 Å². The number of hydrogen-bond acceptors (Lipinski definition) is 12. The minimum Gasteiger partial charge on any atom is -0.461 e. The Bertz CT molecular complexity index is 2030. The van der Waals surface area contributed by atoms with Crippen LogP contribution in [0.25, 0.3) is 6.08 Å². The summed E-state index contributed by atoms with van der Waals surface area (Å²) < 4.78 is 69.7. The van der Waals surface area contributed by atoms with E-state index in [4.69, 9.17) is 25.0 Å². The molecule has 3 saturated heterocycles. The number of nitriles is 1. The summed E-state index contributed by atoms with van der Waals surface area (Å²) >= 11 is 0. The first kappa shape index (κ1) is 37.1. The molecule has 5 aliphatic rings. The zero-order valence-corrected chi connectivity index (χ0v) is 30.9. The summed E-state index contributed by atoms with van der Waals surface area (Å²) in [6.45, 7) is 5.50. The van der Waals surface area contributed by atoms with Crippen LogP contribution in [0.1, 0.15) is 97.1 Å². The van der Waals surface area contributed by atoms with Crippen molar-refractivity contribution in [2.24, 2.45) is 5.92 Å². The second kappa shape index (κ2) is 14.3. The van der Waals surface area contributed by atoms with Crippen molar-refractivity contribution < 1.29 is 31.6 Å². The molecule has 292 valence electrons. The molecule has 3 aromatic heterocycles. The molecule has 55 heavy (non-hydrogen) atoms. The highest BCUT2D eigenvalue weighted by atomic mass is 19.4. The predicted octanol–water partition coefficient (Wildman–Crippen LogP) is 5.16. The molecular formula is C38H44F4N10O3. The summed E-state index contributed by atoms with van der Waals surface area (Å²) in [5.74, 6) is 0.497. The number of aryl methyl sites for hydroxylation is 1. The van der Waals surface area contributed by atoms with Crippen LogP contribution in [0.4, 0.5) is 29.2 Å². The molecule has 5 atom stereocenters. The van der Waals surface area contributed by atoms with Gasteiger partial charge in [-0.25, -0.2) is 9.37 Å². The number of piperazine rings is 1. The van der Waals surface area contributed by atoms with E-state index in [9.17, 15) is 27.6 Å². The summed E-state index contributed by atoms with van der Waals surface area (Å²) in [5.41, 5.74) is 5.97. The number of rotatable bonds is 9. The number of fused-ring (bicyclic) bond motifs is 2. The first-order valence-corrected chi connectivity index (χ1v) is 19.0. The number of nitrogen functional groups attached to an aromatic ring is 1. The Labute approximate surface area is 315 Å². The maximum absolute atomic E-state index is 14.6. The Balaban J connectivity index is 1.10. The van der Waals surface area contributed by atoms with Crippen LogP contribution in [0.5, 0.6) is 6.01 Å². The molecule has 3 aromatic rings. The van der Waals surface area contributed by atoms with Crippen LogP contribution in [0.15, 0.2) is 16.7 Å². The van der Waals surface area contributed by atoms with Crippen molar-refractivity contribution in [3.63, 3.8) is 0 Å². The van der Waals surface area contributed by atoms with E-state index in [2.05, 4.69) is 26.1 Å². The van der Waals surface area contributed by atoms with Gasteiger partial charge in [-0.1, -0.05) is 12.1 Å². The van der Waals surface area contributed by atoms with Crippen molar-refractivity contribution in [2.75, 3.05) is 50.0 Å². The third-order valence-electron chi connectivity index (χ3n) is 12.0. The summed E-state index contributed by atoms with van der Waals surface area (Å²) in [6.07, 6.45) is 1.89. The Morgan fingerprint density at radius 3 is 2.75 bits per heavy atom. The van der Waals surface area contributed by atoms with Crippen molar-refractivity contribution in [1.82, 2.24) is 34.9 Å². The third-order valence-corrected chi connectivity index (χ3v) is 12.0. The van der Waals surface area contributed by atoms with Gasteiger partial charge in [0, 0.05) is 62.2 Å². The number of nitrogens with two attached hydrogens (primary N) is 1. The smallest absolute Gasteiger partial charge is 0.418 e. The minimum atomic E-state index is -4.64. The minimum absolute atomic E-state index is 0.00870. The van der Waals surface area contributed by atoms with Gasteiger partial charge < -0.3 is 24.8 Å². The van der Waals surface area contributed by atoms with E-state index in [0.717, 1.165) is 37.8 Å². The Hall–Kier alpha value is -4.85. The number of anilines is 2. The quantitative estimate of drug-likeness (QED) is 0.225. The molecule has 1 saturated carbocycles. The van der Waals surface area contributed by atoms with Crippen molar-refractivity contribution in [1.29, 1.82) is 5.26 Å². The van der Waals surface area contributed by atoms with Crippen LogP contribution in [0, 0.1) is 24.2 Å². The second-order valence-corrected chi connectivity index (χ2v) is 15.8. The fraction of sp³-hybridized carbons (Fsp3) is 0.605. The van der Waals surface area contributed by atoms with Gasteiger partial charge in [0.05, 0.1) is 41.0 Å². The maximum Gasteiger partial charge on any atom is 0.418 e. The van der Waals surface area contributed by atoms with Crippen LogP contribution in [0.2, 0.25) is 0 Å². The van der Waals surface area contributed by atoms with E-state index in [1.807, 2.05) is 11.8 Å². The molecule has 0 unspecified atom stereocenters. The molecule has 3 aliphatic heterocycles. The molecule has 0 spiro atoms. The van der Waals surface area contributed by atoms with Gasteiger partial charge in [0.25, 0.3) is 5.89 Å². The Morgan fingerprint density at radius 1 is 1.16 bits per heavy atom. The summed E-state index contributed by atoms with van der Waals surface area (Å²) in [7, 11) is 0. The number of hydrogen-bond donors (Lipinski definition) is 1. The topological polar surface area (TPSA) is 163 Å². The first-order valence-electron chi connectivity index (χ1n) is 19.0. The zero-order chi connectivity index (χ0) is 38.6. The van der Waals surface area contributed by atoms with Gasteiger partial charge in [-0.3, -0.25) is 9.69 Å². The second-order valence-electron chi connectivity index (χ2n) is 15.8. The van der Waals surface area contributed by atoms with Gasteiger partial charge >= 0.3 is 12.2 Å². The van der Waals surface area contributed by atoms with Gasteiger partial charge in [0.15, 0.2) is 5.82 Å². The fourth-order valence-electron chi connectivity index (χ4n) is 9.13. The number of carbonyl (C=O) groups is 1. The number of pyridine rings is 1. The summed E-state index contributed by atoms with van der Waals surface area (Å²) in [6, 6.07) is 3.01. The third kappa shape index (κ3) is 7.32. The Kier molecular flexibility index (Phi) is 9.67. The van der Waals surface area contributed by atoms with Gasteiger partial charge in [-0.05, 0) is 69.5 Å². The lowest BCUT2D eigenvalue weighted by molar-refractivity contribution is -0.139. The molecule has 2 N–H and O–H groups in total. The number of aromatic nitrogens is 5. The standard InChI is InChI=1S/C38H44F4N10O3/c1-21-14-27-28(16-26(21)33-32(38(40,41)42)22(2)15-29(44)46-33)45-36(54-20-37-9-3-11-51(37)18-24(39)17-37)48-35(27)50-12-13-52(25(19-50)8-10-43)31(53)7-6-30-47-34(49-55-30)23-4-5-23/h6-7,15,21,23-26H,3-5,8-9,11-14,16-20H2,1-2H3,(H2,44,46)/b7-6+/t21-,24-,25+,26-,37+/m1/s1. The van der Waals surface area contributed by atoms with E-state index in [0.29, 0.717) is 49.2 Å². The van der Waals surface area contributed by atoms with Crippen LogP contribution >= 0.6 is 0 Å². The lowest BCUT2D eigenvalue weighted by Crippen LogP contribution is -2.55. The number of ether oxygens (including phenoxy) is 1. The first-order chi connectivity index (χ1) is 26.3. The van der Waals surface area contributed by atoms with E-state index >= 15 is 0 Å². The molecule has 0 bridgehead atoms. The fourth-order valence-corrected chi connectivity index (χ4v) is 9.13. The number of carbonyl (C=O) groups excluding carboxylic acids is 1. The molecule has 13 nitrogen and oxygen atoms in total. The highest BCUT2D eigenvalue weighted by molar-refractivity contribution is 5.91. The van der Waals surface area contributed by atoms with E-state index in [1.54, 1.807) is 4.90 Å². The SMILES string of the molecule is Cc1cc(N)nc([C@@H]2Cc3nc(OC[C@@]45CCCN4C[C@H](F)C5)nc(N4CCN(C(=O)/C=C/c5nc(C6CC6)no5)[C@@H](CC#N)C4)c3C[C@H]2C)c1C(F)(F)F. The molecule has 0 aromatic carbocycles. The summed E-state index contributed by atoms with van der Waals surface area (Å²) in [5, 5.41) is 13.8. The average Bonchev–Trinajstić information content (AvgIpc) is 3.61. The van der Waals surface area contributed by atoms with Crippen molar-refractivity contribution >= 4 is 23.6 Å². The molecule has 8 rings (SSSR count). The van der Waals surface area contributed by atoms with Crippen LogP contribution in [0.3, 0.4) is 0 Å². The summed E-state index contributed by atoms with van der Waals surface area (Å²) in [4.78, 5) is 37.6. The van der Waals surface area contributed by atoms with Crippen molar-refractivity contribution in [3.8, 4) is 12.1 Å². The molecule has 6 heterocycles. The van der Waals surface area contributed by atoms with E-state index in [-0.39, 0.29) is 73.3 Å². The van der Waals surface area contributed by atoms with Gasteiger partial charge in [-0.15, -0.1) is 0 Å². The molecule has 0 radical (unpaired) electrons. The zero-order valence-electron chi connectivity index (χ0n) is 30.9. The average molecular weight is 765 g/mol. The largest absolute Gasteiger partial charge is 0.461 e. The van der Waals surface area contributed by atoms with Crippen LogP contribution in [-0.4, -0.2) is 97.9 Å². The van der Waals surface area contributed by atoms with Gasteiger partial charge in [0.2, 0.25) is 5.91 Å². The molecule has 2 aliphatic carbocycles. The Morgan fingerprint density at radius 2 is 1.98 bits per heavy atom. The highest BCUT2D eigenvalue weighted by Crippen LogP contribution is 2.46. The van der Waals surface area contributed by atoms with Crippen LogP contribution < -0.4 is 15.4 Å². The van der Waals surface area contributed by atoms with E-state index < -0.39 is 35.4 Å². The lowest BCUT2D eigenvalue weighted by atomic mass is 9.75.